The molecule has 8 heteroatoms. The standard InChI is InChI=1S/C28H46O7S/c1-17(2)18(3)7-8-19(4)21-9-10-22-23-15-24(35-36(32,33)34)28(31)16-20(29)11-12-26(28,6)27(23,30)14-13-25(21,22)5/h7-8,15,17-22,24,29-31H,9-14,16H2,1-6H3,(H,32,33,34)/b8-7+/t18?,19-,20+,21-,22+,24+,25-,26-,27-,28+/m1/s1. The highest BCUT2D eigenvalue weighted by Gasteiger charge is 2.71. The SMILES string of the molecule is CC(C)C(C)/C=C/[C@@H](C)[C@H]1CC[C@H]2C3=C[C@H](OS(=O)(=O)O)[C@@]4(O)C[C@@H](O)CC[C@]4(C)[C@@]3(O)CC[C@]12C. The average Bonchev–Trinajstić information content (AvgIpc) is 3.11. The second kappa shape index (κ2) is 9.16. The highest BCUT2D eigenvalue weighted by atomic mass is 32.3. The second-order valence-electron chi connectivity index (χ2n) is 13.2. The maximum absolute atomic E-state index is 12.3. The van der Waals surface area contributed by atoms with Crippen LogP contribution in [0.5, 0.6) is 0 Å². The molecule has 0 radical (unpaired) electrons. The van der Waals surface area contributed by atoms with Crippen molar-refractivity contribution >= 4 is 10.4 Å². The fourth-order valence-electron chi connectivity index (χ4n) is 8.33. The summed E-state index contributed by atoms with van der Waals surface area (Å²) < 4.78 is 38.2. The lowest BCUT2D eigenvalue weighted by atomic mass is 9.43. The molecule has 3 fully saturated rings. The van der Waals surface area contributed by atoms with Crippen LogP contribution in [0.3, 0.4) is 0 Å². The van der Waals surface area contributed by atoms with E-state index in [1.54, 1.807) is 13.0 Å². The summed E-state index contributed by atoms with van der Waals surface area (Å²) in [5.74, 6) is 1.85. The first-order valence-electron chi connectivity index (χ1n) is 13.7. The lowest BCUT2D eigenvalue weighted by Crippen LogP contribution is -2.73. The molecule has 0 aromatic heterocycles. The molecule has 206 valence electrons. The Morgan fingerprint density at radius 2 is 1.69 bits per heavy atom. The Bertz CT molecular complexity index is 1020. The van der Waals surface area contributed by atoms with Crippen LogP contribution in [-0.4, -0.2) is 51.7 Å². The molecule has 0 aliphatic heterocycles. The van der Waals surface area contributed by atoms with E-state index in [4.69, 9.17) is 4.18 Å². The van der Waals surface area contributed by atoms with Crippen molar-refractivity contribution in [3.63, 3.8) is 0 Å². The van der Waals surface area contributed by atoms with Crippen molar-refractivity contribution in [1.82, 2.24) is 0 Å². The van der Waals surface area contributed by atoms with E-state index in [-0.39, 0.29) is 17.8 Å². The Kier molecular flexibility index (Phi) is 7.19. The van der Waals surface area contributed by atoms with E-state index in [0.29, 0.717) is 42.9 Å². The van der Waals surface area contributed by atoms with E-state index < -0.39 is 39.2 Å². The number of aliphatic hydroxyl groups is 3. The number of rotatable bonds is 6. The largest absolute Gasteiger partial charge is 0.398 e. The molecule has 4 rings (SSSR count). The molecular formula is C28H46O7S. The first kappa shape index (κ1) is 28.2. The van der Waals surface area contributed by atoms with E-state index in [9.17, 15) is 28.3 Å². The zero-order valence-electron chi connectivity index (χ0n) is 22.6. The summed E-state index contributed by atoms with van der Waals surface area (Å²) in [6, 6.07) is 0. The van der Waals surface area contributed by atoms with Gasteiger partial charge < -0.3 is 15.3 Å². The van der Waals surface area contributed by atoms with Crippen LogP contribution in [0.15, 0.2) is 23.8 Å². The molecule has 4 aliphatic rings. The highest BCUT2D eigenvalue weighted by molar-refractivity contribution is 7.80. The third-order valence-corrected chi connectivity index (χ3v) is 11.6. The lowest BCUT2D eigenvalue weighted by molar-refractivity contribution is -0.254. The van der Waals surface area contributed by atoms with Crippen LogP contribution < -0.4 is 0 Å². The maximum Gasteiger partial charge on any atom is 0.398 e. The predicted molar refractivity (Wildman–Crippen MR) is 138 cm³/mol. The van der Waals surface area contributed by atoms with Crippen molar-refractivity contribution in [2.45, 2.75) is 110 Å². The molecule has 0 spiro atoms. The molecule has 0 aromatic carbocycles. The van der Waals surface area contributed by atoms with Crippen molar-refractivity contribution in [3.05, 3.63) is 23.8 Å². The molecule has 3 saturated carbocycles. The van der Waals surface area contributed by atoms with E-state index >= 15 is 0 Å². The molecule has 0 amide bonds. The highest BCUT2D eigenvalue weighted by Crippen LogP contribution is 2.69. The molecule has 0 bridgehead atoms. The summed E-state index contributed by atoms with van der Waals surface area (Å²) in [5.41, 5.74) is -3.66. The summed E-state index contributed by atoms with van der Waals surface area (Å²) >= 11 is 0. The molecular weight excluding hydrogens is 480 g/mol. The molecule has 10 atom stereocenters. The van der Waals surface area contributed by atoms with Crippen molar-refractivity contribution in [2.24, 2.45) is 40.4 Å². The van der Waals surface area contributed by atoms with Crippen molar-refractivity contribution in [2.75, 3.05) is 0 Å². The summed E-state index contributed by atoms with van der Waals surface area (Å²) in [7, 11) is -4.88. The van der Waals surface area contributed by atoms with Gasteiger partial charge in [0.1, 0.15) is 11.7 Å². The van der Waals surface area contributed by atoms with Gasteiger partial charge in [-0.2, -0.15) is 8.42 Å². The Morgan fingerprint density at radius 1 is 1.03 bits per heavy atom. The molecule has 7 nitrogen and oxygen atoms in total. The van der Waals surface area contributed by atoms with Crippen molar-refractivity contribution < 1.29 is 32.5 Å². The quantitative estimate of drug-likeness (QED) is 0.298. The summed E-state index contributed by atoms with van der Waals surface area (Å²) in [6.07, 6.45) is 7.70. The molecule has 1 unspecified atom stereocenters. The maximum atomic E-state index is 12.3. The van der Waals surface area contributed by atoms with Crippen LogP contribution in [0.1, 0.15) is 86.5 Å². The lowest BCUT2D eigenvalue weighted by Gasteiger charge is -2.65. The van der Waals surface area contributed by atoms with Crippen LogP contribution in [0.4, 0.5) is 0 Å². The van der Waals surface area contributed by atoms with Crippen LogP contribution in [0.25, 0.3) is 0 Å². The molecule has 4 aliphatic carbocycles. The van der Waals surface area contributed by atoms with Gasteiger partial charge in [-0.1, -0.05) is 53.7 Å². The van der Waals surface area contributed by atoms with E-state index in [2.05, 4.69) is 46.8 Å². The number of aliphatic hydroxyl groups excluding tert-OH is 1. The molecule has 36 heavy (non-hydrogen) atoms. The summed E-state index contributed by atoms with van der Waals surface area (Å²) in [6.45, 7) is 13.0. The Hall–Kier alpha value is -0.770. The van der Waals surface area contributed by atoms with Gasteiger partial charge in [-0.3, -0.25) is 4.55 Å². The minimum Gasteiger partial charge on any atom is -0.393 e. The van der Waals surface area contributed by atoms with Crippen LogP contribution in [0, 0.1) is 40.4 Å². The smallest absolute Gasteiger partial charge is 0.393 e. The average molecular weight is 527 g/mol. The van der Waals surface area contributed by atoms with Gasteiger partial charge in [-0.15, -0.1) is 0 Å². The van der Waals surface area contributed by atoms with Gasteiger partial charge in [0, 0.05) is 11.8 Å². The molecule has 0 saturated heterocycles. The summed E-state index contributed by atoms with van der Waals surface area (Å²) in [5, 5.41) is 34.6. The third-order valence-electron chi connectivity index (χ3n) is 11.1. The van der Waals surface area contributed by atoms with E-state index in [1.165, 1.54) is 0 Å². The molecule has 0 aromatic rings. The van der Waals surface area contributed by atoms with Crippen molar-refractivity contribution in [1.29, 1.82) is 0 Å². The Morgan fingerprint density at radius 3 is 2.31 bits per heavy atom. The minimum absolute atomic E-state index is 0.0142. The van der Waals surface area contributed by atoms with Gasteiger partial charge >= 0.3 is 10.4 Å². The van der Waals surface area contributed by atoms with Gasteiger partial charge in [-0.05, 0) is 85.2 Å². The van der Waals surface area contributed by atoms with Crippen molar-refractivity contribution in [3.8, 4) is 0 Å². The zero-order chi connectivity index (χ0) is 26.9. The van der Waals surface area contributed by atoms with Gasteiger partial charge in [0.2, 0.25) is 0 Å². The first-order valence-corrected chi connectivity index (χ1v) is 15.0. The van der Waals surface area contributed by atoms with Crippen LogP contribution in [-0.2, 0) is 14.6 Å². The third kappa shape index (κ3) is 4.24. The van der Waals surface area contributed by atoms with Crippen LogP contribution >= 0.6 is 0 Å². The zero-order valence-corrected chi connectivity index (χ0v) is 23.5. The van der Waals surface area contributed by atoms with Gasteiger partial charge in [-0.25, -0.2) is 4.18 Å². The fraction of sp³-hybridized carbons (Fsp3) is 0.857. The van der Waals surface area contributed by atoms with E-state index in [1.807, 2.05) is 0 Å². The van der Waals surface area contributed by atoms with Gasteiger partial charge in [0.05, 0.1) is 11.7 Å². The Balaban J connectivity index is 1.75. The number of hydrogen-bond acceptors (Lipinski definition) is 6. The van der Waals surface area contributed by atoms with Gasteiger partial charge in [0.15, 0.2) is 0 Å². The predicted octanol–water partition coefficient (Wildman–Crippen LogP) is 4.44. The monoisotopic (exact) mass is 526 g/mol. The van der Waals surface area contributed by atoms with Gasteiger partial charge in [0.25, 0.3) is 0 Å². The number of hydrogen-bond donors (Lipinski definition) is 4. The Labute approximate surface area is 217 Å². The molecule has 4 N–H and O–H groups in total. The van der Waals surface area contributed by atoms with Crippen LogP contribution in [0.2, 0.25) is 0 Å². The summed E-state index contributed by atoms with van der Waals surface area (Å²) in [4.78, 5) is 0. The first-order chi connectivity index (χ1) is 16.5. The second-order valence-corrected chi connectivity index (χ2v) is 14.2. The fourth-order valence-corrected chi connectivity index (χ4v) is 8.81. The molecule has 0 heterocycles. The minimum atomic E-state index is -4.88. The topological polar surface area (TPSA) is 124 Å². The number of allylic oxidation sites excluding steroid dienone is 2. The van der Waals surface area contributed by atoms with E-state index in [0.717, 1.165) is 24.8 Å². The normalized spacial score (nSPS) is 46.7. The number of fused-ring (bicyclic) bond motifs is 5.